The summed E-state index contributed by atoms with van der Waals surface area (Å²) in [6.07, 6.45) is 2.03. The Kier molecular flexibility index (Phi) is 5.00. The molecule has 0 aliphatic rings. The fourth-order valence-electron chi connectivity index (χ4n) is 1.42. The lowest BCUT2D eigenvalue weighted by molar-refractivity contribution is 0.0377. The van der Waals surface area contributed by atoms with E-state index in [-0.39, 0.29) is 17.1 Å². The second-order valence-corrected chi connectivity index (χ2v) is 6.01. The van der Waals surface area contributed by atoms with Gasteiger partial charge in [-0.1, -0.05) is 13.8 Å². The van der Waals surface area contributed by atoms with Crippen LogP contribution >= 0.6 is 0 Å². The van der Waals surface area contributed by atoms with Crippen LogP contribution in [0.15, 0.2) is 23.2 Å². The Bertz CT molecular complexity index is 557. The Morgan fingerprint density at radius 3 is 2.47 bits per heavy atom. The van der Waals surface area contributed by atoms with E-state index < -0.39 is 15.6 Å². The van der Waals surface area contributed by atoms with Gasteiger partial charge in [-0.2, -0.15) is 5.26 Å². The highest BCUT2D eigenvalue weighted by Crippen LogP contribution is 2.15. The van der Waals surface area contributed by atoms with Crippen LogP contribution in [0.25, 0.3) is 0 Å². The van der Waals surface area contributed by atoms with Gasteiger partial charge in [-0.05, 0) is 25.0 Å². The Labute approximate surface area is 113 Å². The first-order chi connectivity index (χ1) is 8.87. The lowest BCUT2D eigenvalue weighted by atomic mass is 9.98. The molecule has 0 aromatic carbocycles. The van der Waals surface area contributed by atoms with E-state index in [2.05, 4.69) is 9.71 Å². The van der Waals surface area contributed by atoms with Crippen LogP contribution in [0.5, 0.6) is 0 Å². The molecule has 0 aliphatic heterocycles. The first-order valence-corrected chi connectivity index (χ1v) is 7.43. The second kappa shape index (κ2) is 6.10. The van der Waals surface area contributed by atoms with Crippen LogP contribution < -0.4 is 4.72 Å². The van der Waals surface area contributed by atoms with Gasteiger partial charge in [0.05, 0.1) is 5.60 Å². The maximum atomic E-state index is 12.0. The summed E-state index contributed by atoms with van der Waals surface area (Å²) < 4.78 is 26.3. The van der Waals surface area contributed by atoms with Crippen molar-refractivity contribution >= 4 is 10.0 Å². The van der Waals surface area contributed by atoms with Crippen molar-refractivity contribution in [1.29, 1.82) is 5.26 Å². The van der Waals surface area contributed by atoms with Crippen LogP contribution in [0, 0.1) is 11.3 Å². The molecule has 104 valence electrons. The number of sulfonamides is 1. The van der Waals surface area contributed by atoms with E-state index >= 15 is 0 Å². The summed E-state index contributed by atoms with van der Waals surface area (Å²) in [5.41, 5.74) is -0.898. The van der Waals surface area contributed by atoms with Crippen molar-refractivity contribution in [2.75, 3.05) is 6.54 Å². The summed E-state index contributed by atoms with van der Waals surface area (Å²) >= 11 is 0. The Morgan fingerprint density at radius 2 is 2.05 bits per heavy atom. The van der Waals surface area contributed by atoms with Gasteiger partial charge in [-0.3, -0.25) is 0 Å². The fourth-order valence-corrected chi connectivity index (χ4v) is 2.48. The van der Waals surface area contributed by atoms with Crippen LogP contribution in [-0.2, 0) is 10.0 Å². The quantitative estimate of drug-likeness (QED) is 0.803. The predicted octanol–water partition coefficient (Wildman–Crippen LogP) is 0.783. The molecule has 2 N–H and O–H groups in total. The molecule has 0 amide bonds. The number of nitrogens with one attached hydrogen (secondary N) is 1. The molecule has 1 rings (SSSR count). The highest BCUT2D eigenvalue weighted by atomic mass is 32.2. The predicted molar refractivity (Wildman–Crippen MR) is 69.7 cm³/mol. The largest absolute Gasteiger partial charge is 0.389 e. The van der Waals surface area contributed by atoms with Crippen LogP contribution in [0.1, 0.15) is 32.4 Å². The normalized spacial score (nSPS) is 12.1. The van der Waals surface area contributed by atoms with Gasteiger partial charge >= 0.3 is 0 Å². The Hall–Kier alpha value is -1.49. The highest BCUT2D eigenvalue weighted by Gasteiger charge is 2.25. The smallest absolute Gasteiger partial charge is 0.242 e. The van der Waals surface area contributed by atoms with E-state index in [0.717, 1.165) is 6.20 Å². The van der Waals surface area contributed by atoms with E-state index in [4.69, 9.17) is 5.26 Å². The van der Waals surface area contributed by atoms with E-state index in [0.29, 0.717) is 12.8 Å². The zero-order valence-corrected chi connectivity index (χ0v) is 11.7. The molecular formula is C12H17N3O3S. The first kappa shape index (κ1) is 15.6. The number of aliphatic hydroxyl groups is 1. The number of pyridine rings is 1. The Balaban J connectivity index is 2.84. The van der Waals surface area contributed by atoms with E-state index in [1.807, 2.05) is 6.07 Å². The van der Waals surface area contributed by atoms with Crippen molar-refractivity contribution in [2.45, 2.75) is 37.2 Å². The van der Waals surface area contributed by atoms with E-state index in [1.54, 1.807) is 13.8 Å². The number of aromatic nitrogens is 1. The third kappa shape index (κ3) is 3.99. The lowest BCUT2D eigenvalue weighted by Gasteiger charge is -2.25. The minimum Gasteiger partial charge on any atom is -0.389 e. The molecule has 0 spiro atoms. The highest BCUT2D eigenvalue weighted by molar-refractivity contribution is 7.89. The fraction of sp³-hybridized carbons (Fsp3) is 0.500. The van der Waals surface area contributed by atoms with Crippen LogP contribution in [0.3, 0.4) is 0 Å². The third-order valence-electron chi connectivity index (χ3n) is 3.07. The van der Waals surface area contributed by atoms with Gasteiger partial charge in [0.1, 0.15) is 16.7 Å². The molecular weight excluding hydrogens is 266 g/mol. The molecule has 1 aromatic rings. The molecule has 0 saturated heterocycles. The average Bonchev–Trinajstić information content (AvgIpc) is 2.45. The van der Waals surface area contributed by atoms with Gasteiger partial charge < -0.3 is 5.11 Å². The lowest BCUT2D eigenvalue weighted by Crippen LogP contribution is -2.41. The van der Waals surface area contributed by atoms with E-state index in [1.165, 1.54) is 12.1 Å². The molecule has 0 atom stereocenters. The number of rotatable bonds is 6. The summed E-state index contributed by atoms with van der Waals surface area (Å²) in [7, 11) is -3.72. The zero-order valence-electron chi connectivity index (χ0n) is 10.9. The summed E-state index contributed by atoms with van der Waals surface area (Å²) in [6, 6.07) is 4.46. The molecule has 6 nitrogen and oxygen atoms in total. The van der Waals surface area contributed by atoms with E-state index in [9.17, 15) is 13.5 Å². The summed E-state index contributed by atoms with van der Waals surface area (Å²) in [5, 5.41) is 18.6. The van der Waals surface area contributed by atoms with Crippen molar-refractivity contribution in [2.24, 2.45) is 0 Å². The summed E-state index contributed by atoms with van der Waals surface area (Å²) in [6.45, 7) is 3.53. The number of nitrogens with zero attached hydrogens (tertiary/aromatic N) is 2. The molecule has 19 heavy (non-hydrogen) atoms. The average molecular weight is 283 g/mol. The molecule has 0 radical (unpaired) electrons. The molecule has 7 heteroatoms. The molecule has 0 fully saturated rings. The maximum absolute atomic E-state index is 12.0. The van der Waals surface area contributed by atoms with Gasteiger partial charge in [0.2, 0.25) is 10.0 Å². The van der Waals surface area contributed by atoms with Gasteiger partial charge in [-0.25, -0.2) is 18.1 Å². The molecule has 0 bridgehead atoms. The second-order valence-electron chi connectivity index (χ2n) is 4.25. The maximum Gasteiger partial charge on any atom is 0.242 e. The molecule has 0 aliphatic carbocycles. The van der Waals surface area contributed by atoms with Gasteiger partial charge in [0, 0.05) is 12.7 Å². The topological polar surface area (TPSA) is 103 Å². The molecule has 1 aromatic heterocycles. The monoisotopic (exact) mass is 283 g/mol. The number of hydrogen-bond acceptors (Lipinski definition) is 5. The standard InChI is InChI=1S/C12H17N3O3S/c1-3-12(16,4-2)9-15-19(17,18)11-6-5-10(7-13)14-8-11/h5-6,8,15-16H,3-4,9H2,1-2H3. The van der Waals surface area contributed by atoms with Crippen LogP contribution in [0.2, 0.25) is 0 Å². The first-order valence-electron chi connectivity index (χ1n) is 5.95. The van der Waals surface area contributed by atoms with Crippen molar-refractivity contribution in [3.05, 3.63) is 24.0 Å². The minimum absolute atomic E-state index is 0.0268. The summed E-state index contributed by atoms with van der Waals surface area (Å²) in [4.78, 5) is 3.68. The minimum atomic E-state index is -3.72. The molecule has 0 saturated carbocycles. The molecule has 1 heterocycles. The zero-order chi connectivity index (χ0) is 14.5. The van der Waals surface area contributed by atoms with Crippen molar-refractivity contribution in [3.8, 4) is 6.07 Å². The van der Waals surface area contributed by atoms with Crippen molar-refractivity contribution in [3.63, 3.8) is 0 Å². The van der Waals surface area contributed by atoms with Gasteiger partial charge in [0.15, 0.2) is 0 Å². The number of nitriles is 1. The molecule has 0 unspecified atom stereocenters. The SMILES string of the molecule is CCC(O)(CC)CNS(=O)(=O)c1ccc(C#N)nc1. The third-order valence-corrected chi connectivity index (χ3v) is 4.46. The number of hydrogen-bond donors (Lipinski definition) is 2. The van der Waals surface area contributed by atoms with Crippen molar-refractivity contribution < 1.29 is 13.5 Å². The Morgan fingerprint density at radius 1 is 1.42 bits per heavy atom. The van der Waals surface area contributed by atoms with Crippen molar-refractivity contribution in [1.82, 2.24) is 9.71 Å². The summed E-state index contributed by atoms with van der Waals surface area (Å²) in [5.74, 6) is 0. The van der Waals surface area contributed by atoms with Crippen LogP contribution in [-0.4, -0.2) is 30.7 Å². The van der Waals surface area contributed by atoms with Crippen LogP contribution in [0.4, 0.5) is 0 Å². The van der Waals surface area contributed by atoms with Gasteiger partial charge in [-0.15, -0.1) is 0 Å². The van der Waals surface area contributed by atoms with Gasteiger partial charge in [0.25, 0.3) is 0 Å².